The summed E-state index contributed by atoms with van der Waals surface area (Å²) in [5, 5.41) is 9.15. The molecule has 28 heavy (non-hydrogen) atoms. The first kappa shape index (κ1) is 18.5. The maximum Gasteiger partial charge on any atom is 0.306 e. The zero-order valence-electron chi connectivity index (χ0n) is 15.7. The molecular weight excluding hydrogens is 361 g/mol. The van der Waals surface area contributed by atoms with E-state index in [1.807, 2.05) is 18.2 Å². The molecule has 0 aliphatic carbocycles. The van der Waals surface area contributed by atoms with Crippen LogP contribution in [0.5, 0.6) is 0 Å². The number of carboxylic acid groups (broad SMARTS) is 1. The second-order valence-electron chi connectivity index (χ2n) is 7.28. The average Bonchev–Trinajstić information content (AvgIpc) is 2.75. The van der Waals surface area contributed by atoms with E-state index in [1.165, 1.54) is 12.1 Å². The van der Waals surface area contributed by atoms with Gasteiger partial charge >= 0.3 is 5.97 Å². The van der Waals surface area contributed by atoms with Gasteiger partial charge in [-0.3, -0.25) is 4.79 Å². The number of hydrogen-bond acceptors (Lipinski definition) is 6. The van der Waals surface area contributed by atoms with Crippen molar-refractivity contribution in [2.75, 3.05) is 54.0 Å². The van der Waals surface area contributed by atoms with E-state index in [9.17, 15) is 9.18 Å². The summed E-state index contributed by atoms with van der Waals surface area (Å²) in [5.74, 6) is 0.571. The SMILES string of the molecule is O=C(O)C1CCN(c2cc(N3CCN(c4ccc(F)cc4)CC3)ncn2)CC1. The molecule has 7 nitrogen and oxygen atoms in total. The fourth-order valence-electron chi connectivity index (χ4n) is 3.88. The van der Waals surface area contributed by atoms with E-state index < -0.39 is 5.97 Å². The molecule has 2 aromatic rings. The molecule has 0 spiro atoms. The molecule has 1 aromatic carbocycles. The number of piperidine rings is 1. The van der Waals surface area contributed by atoms with Gasteiger partial charge in [-0.2, -0.15) is 0 Å². The van der Waals surface area contributed by atoms with E-state index in [1.54, 1.807) is 6.33 Å². The molecule has 0 unspecified atom stereocenters. The Kier molecular flexibility index (Phi) is 5.27. The van der Waals surface area contributed by atoms with E-state index in [2.05, 4.69) is 24.7 Å². The molecule has 2 saturated heterocycles. The van der Waals surface area contributed by atoms with Gasteiger partial charge in [-0.05, 0) is 37.1 Å². The van der Waals surface area contributed by atoms with Gasteiger partial charge in [0.15, 0.2) is 0 Å². The molecule has 0 bridgehead atoms. The zero-order valence-corrected chi connectivity index (χ0v) is 15.7. The summed E-state index contributed by atoms with van der Waals surface area (Å²) >= 11 is 0. The standard InChI is InChI=1S/C20H24FN5O2/c21-16-1-3-17(4-2-16)24-9-11-26(12-10-24)19-13-18(22-14-23-19)25-7-5-15(6-8-25)20(27)28/h1-4,13-15H,5-12H2,(H,27,28). The molecule has 8 heteroatoms. The molecule has 3 heterocycles. The third kappa shape index (κ3) is 4.00. The van der Waals surface area contributed by atoms with Gasteiger partial charge in [0.05, 0.1) is 5.92 Å². The number of halogens is 1. The monoisotopic (exact) mass is 385 g/mol. The van der Waals surface area contributed by atoms with Crippen molar-refractivity contribution in [1.29, 1.82) is 0 Å². The van der Waals surface area contributed by atoms with Crippen molar-refractivity contribution in [3.05, 3.63) is 42.5 Å². The van der Waals surface area contributed by atoms with Gasteiger partial charge in [0, 0.05) is 51.0 Å². The Labute approximate surface area is 163 Å². The quantitative estimate of drug-likeness (QED) is 0.865. The third-order valence-electron chi connectivity index (χ3n) is 5.60. The lowest BCUT2D eigenvalue weighted by molar-refractivity contribution is -0.142. The summed E-state index contributed by atoms with van der Waals surface area (Å²) in [6.45, 7) is 4.74. The number of benzene rings is 1. The predicted molar refractivity (Wildman–Crippen MR) is 105 cm³/mol. The summed E-state index contributed by atoms with van der Waals surface area (Å²) in [5.41, 5.74) is 1.03. The summed E-state index contributed by atoms with van der Waals surface area (Å²) in [4.78, 5) is 26.6. The van der Waals surface area contributed by atoms with E-state index >= 15 is 0 Å². The molecule has 2 aliphatic rings. The second-order valence-corrected chi connectivity index (χ2v) is 7.28. The first-order chi connectivity index (χ1) is 13.6. The lowest BCUT2D eigenvalue weighted by Crippen LogP contribution is -2.47. The van der Waals surface area contributed by atoms with E-state index in [4.69, 9.17) is 5.11 Å². The molecule has 2 aliphatic heterocycles. The number of carbonyl (C=O) groups is 1. The molecule has 0 amide bonds. The van der Waals surface area contributed by atoms with Crippen LogP contribution in [0.4, 0.5) is 21.7 Å². The van der Waals surface area contributed by atoms with E-state index in [0.29, 0.717) is 25.9 Å². The number of hydrogen-bond donors (Lipinski definition) is 1. The summed E-state index contributed by atoms with van der Waals surface area (Å²) in [6, 6.07) is 8.61. The van der Waals surface area contributed by atoms with Gasteiger partial charge in [-0.1, -0.05) is 0 Å². The second kappa shape index (κ2) is 8.00. The molecule has 1 N–H and O–H groups in total. The largest absolute Gasteiger partial charge is 0.481 e. The number of carboxylic acids is 1. The average molecular weight is 385 g/mol. The van der Waals surface area contributed by atoms with E-state index in [-0.39, 0.29) is 11.7 Å². The van der Waals surface area contributed by atoms with Crippen LogP contribution in [0.1, 0.15) is 12.8 Å². The van der Waals surface area contributed by atoms with Crippen LogP contribution in [-0.4, -0.2) is 60.3 Å². The Morgan fingerprint density at radius 3 is 2.00 bits per heavy atom. The normalized spacial score (nSPS) is 18.4. The molecule has 1 aromatic heterocycles. The van der Waals surface area contributed by atoms with Crippen LogP contribution in [0.15, 0.2) is 36.7 Å². The van der Waals surface area contributed by atoms with Crippen LogP contribution in [0.2, 0.25) is 0 Å². The highest BCUT2D eigenvalue weighted by atomic mass is 19.1. The Balaban J connectivity index is 1.37. The summed E-state index contributed by atoms with van der Waals surface area (Å²) < 4.78 is 13.1. The predicted octanol–water partition coefficient (Wildman–Crippen LogP) is 2.24. The lowest BCUT2D eigenvalue weighted by atomic mass is 9.97. The molecule has 2 fully saturated rings. The number of aliphatic carboxylic acids is 1. The van der Waals surface area contributed by atoms with Crippen molar-refractivity contribution < 1.29 is 14.3 Å². The highest BCUT2D eigenvalue weighted by Crippen LogP contribution is 2.25. The smallest absolute Gasteiger partial charge is 0.306 e. The molecular formula is C20H24FN5O2. The van der Waals surface area contributed by atoms with Crippen LogP contribution >= 0.6 is 0 Å². The zero-order chi connectivity index (χ0) is 19.5. The van der Waals surface area contributed by atoms with Crippen LogP contribution in [0, 0.1) is 11.7 Å². The highest BCUT2D eigenvalue weighted by molar-refractivity contribution is 5.70. The number of aromatic nitrogens is 2. The Morgan fingerprint density at radius 2 is 1.43 bits per heavy atom. The van der Waals surface area contributed by atoms with Gasteiger partial charge < -0.3 is 19.8 Å². The number of anilines is 3. The van der Waals surface area contributed by atoms with Gasteiger partial charge in [0.25, 0.3) is 0 Å². The Hall–Kier alpha value is -2.90. The highest BCUT2D eigenvalue weighted by Gasteiger charge is 2.26. The number of piperazine rings is 1. The Bertz CT molecular complexity index is 816. The fourth-order valence-corrected chi connectivity index (χ4v) is 3.88. The van der Waals surface area contributed by atoms with Crippen LogP contribution < -0.4 is 14.7 Å². The number of nitrogens with zero attached hydrogens (tertiary/aromatic N) is 5. The minimum Gasteiger partial charge on any atom is -0.481 e. The van der Waals surface area contributed by atoms with Crippen molar-refractivity contribution in [3.8, 4) is 0 Å². The lowest BCUT2D eigenvalue weighted by Gasteiger charge is -2.37. The fraction of sp³-hybridized carbons (Fsp3) is 0.450. The van der Waals surface area contributed by atoms with Crippen molar-refractivity contribution in [3.63, 3.8) is 0 Å². The van der Waals surface area contributed by atoms with E-state index in [0.717, 1.165) is 43.5 Å². The van der Waals surface area contributed by atoms with Crippen molar-refractivity contribution in [2.45, 2.75) is 12.8 Å². The first-order valence-corrected chi connectivity index (χ1v) is 9.65. The van der Waals surface area contributed by atoms with Crippen LogP contribution in [-0.2, 0) is 4.79 Å². The van der Waals surface area contributed by atoms with Gasteiger partial charge in [0.2, 0.25) is 0 Å². The minimum absolute atomic E-state index is 0.219. The van der Waals surface area contributed by atoms with Gasteiger partial charge in [0.1, 0.15) is 23.8 Å². The first-order valence-electron chi connectivity index (χ1n) is 9.65. The minimum atomic E-state index is -0.706. The third-order valence-corrected chi connectivity index (χ3v) is 5.60. The van der Waals surface area contributed by atoms with Gasteiger partial charge in [-0.25, -0.2) is 14.4 Å². The maximum absolute atomic E-state index is 13.1. The molecule has 0 saturated carbocycles. The Morgan fingerprint density at radius 1 is 0.893 bits per heavy atom. The van der Waals surface area contributed by atoms with Crippen molar-refractivity contribution in [1.82, 2.24) is 9.97 Å². The molecule has 0 atom stereocenters. The van der Waals surface area contributed by atoms with Crippen molar-refractivity contribution >= 4 is 23.3 Å². The molecule has 148 valence electrons. The van der Waals surface area contributed by atoms with Crippen LogP contribution in [0.25, 0.3) is 0 Å². The number of rotatable bonds is 4. The topological polar surface area (TPSA) is 72.8 Å². The summed E-state index contributed by atoms with van der Waals surface area (Å²) in [6.07, 6.45) is 2.87. The summed E-state index contributed by atoms with van der Waals surface area (Å²) in [7, 11) is 0. The van der Waals surface area contributed by atoms with Crippen molar-refractivity contribution in [2.24, 2.45) is 5.92 Å². The molecule has 4 rings (SSSR count). The van der Waals surface area contributed by atoms with Gasteiger partial charge in [-0.15, -0.1) is 0 Å². The maximum atomic E-state index is 13.1. The molecule has 0 radical (unpaired) electrons. The van der Waals surface area contributed by atoms with Crippen LogP contribution in [0.3, 0.4) is 0 Å².